The van der Waals surface area contributed by atoms with Crippen LogP contribution in [0.3, 0.4) is 0 Å². The monoisotopic (exact) mass is 488 g/mol. The first kappa shape index (κ1) is 26.5. The van der Waals surface area contributed by atoms with Crippen molar-refractivity contribution >= 4 is 17.5 Å². The number of aliphatic hydroxyl groups is 2. The maximum Gasteiger partial charge on any atom is 0.306 e. The van der Waals surface area contributed by atoms with Crippen LogP contribution in [0, 0.1) is 28.6 Å². The van der Waals surface area contributed by atoms with E-state index in [0.717, 1.165) is 57.8 Å². The molecule has 4 aliphatic rings. The number of allylic oxidation sites excluding steroid dienone is 1. The first-order valence-electron chi connectivity index (χ1n) is 13.9. The van der Waals surface area contributed by atoms with Crippen LogP contribution in [0.25, 0.3) is 0 Å². The number of ketones is 2. The Morgan fingerprint density at radius 1 is 1.09 bits per heavy atom. The predicted octanol–water partition coefficient (Wildman–Crippen LogP) is 4.69. The molecule has 0 spiro atoms. The number of ether oxygens (including phenoxy) is 1. The van der Waals surface area contributed by atoms with Gasteiger partial charge in [-0.2, -0.15) is 0 Å². The van der Waals surface area contributed by atoms with Crippen LogP contribution in [0.5, 0.6) is 0 Å². The Labute approximate surface area is 209 Å². The lowest BCUT2D eigenvalue weighted by Crippen LogP contribution is -2.62. The summed E-state index contributed by atoms with van der Waals surface area (Å²) in [5.41, 5.74) is -1.37. The molecular formula is C29H44O6. The molecule has 7 atom stereocenters. The van der Waals surface area contributed by atoms with Crippen LogP contribution in [0.15, 0.2) is 11.6 Å². The van der Waals surface area contributed by atoms with E-state index in [1.54, 1.807) is 0 Å². The van der Waals surface area contributed by atoms with E-state index in [1.165, 1.54) is 5.57 Å². The van der Waals surface area contributed by atoms with Gasteiger partial charge in [-0.3, -0.25) is 14.4 Å². The SMILES string of the molecule is CCCCCCCC(=O)OCC(=O)[C@@]1(O)CC[C@@H]2[C@@H]3CCC4=CC(=O)CC[C@]4(C)[C@@H]3[C@H](O)C[C@@]21C. The molecule has 0 saturated heterocycles. The van der Waals surface area contributed by atoms with Gasteiger partial charge in [0, 0.05) is 18.3 Å². The number of rotatable bonds is 9. The highest BCUT2D eigenvalue weighted by atomic mass is 16.5. The van der Waals surface area contributed by atoms with E-state index < -0.39 is 29.5 Å². The Kier molecular flexibility index (Phi) is 7.64. The molecule has 0 aliphatic heterocycles. The minimum atomic E-state index is -1.59. The van der Waals surface area contributed by atoms with Gasteiger partial charge in [-0.15, -0.1) is 0 Å². The third kappa shape index (κ3) is 4.54. The molecule has 0 heterocycles. The van der Waals surface area contributed by atoms with Crippen molar-refractivity contribution < 1.29 is 29.3 Å². The number of fused-ring (bicyclic) bond motifs is 5. The average molecular weight is 489 g/mol. The number of unbranched alkanes of at least 4 members (excludes halogenated alkanes) is 4. The molecule has 0 aromatic heterocycles. The van der Waals surface area contributed by atoms with Crippen LogP contribution in [0.4, 0.5) is 0 Å². The lowest BCUT2D eigenvalue weighted by molar-refractivity contribution is -0.184. The van der Waals surface area contributed by atoms with Gasteiger partial charge in [-0.1, -0.05) is 52.0 Å². The van der Waals surface area contributed by atoms with Crippen molar-refractivity contribution in [1.29, 1.82) is 0 Å². The Bertz CT molecular complexity index is 878. The van der Waals surface area contributed by atoms with Crippen LogP contribution in [-0.2, 0) is 19.1 Å². The molecule has 4 aliphatic carbocycles. The Morgan fingerprint density at radius 2 is 1.83 bits per heavy atom. The van der Waals surface area contributed by atoms with Crippen molar-refractivity contribution in [2.45, 2.75) is 116 Å². The fourth-order valence-corrected chi connectivity index (χ4v) is 8.36. The molecule has 3 saturated carbocycles. The van der Waals surface area contributed by atoms with E-state index in [0.29, 0.717) is 25.7 Å². The summed E-state index contributed by atoms with van der Waals surface area (Å²) in [6.07, 6.45) is 11.0. The predicted molar refractivity (Wildman–Crippen MR) is 132 cm³/mol. The van der Waals surface area contributed by atoms with Crippen molar-refractivity contribution in [2.75, 3.05) is 6.61 Å². The largest absolute Gasteiger partial charge is 0.458 e. The topological polar surface area (TPSA) is 101 Å². The fraction of sp³-hybridized carbons (Fsp3) is 0.828. The van der Waals surface area contributed by atoms with Crippen molar-refractivity contribution in [3.63, 3.8) is 0 Å². The van der Waals surface area contributed by atoms with Gasteiger partial charge >= 0.3 is 5.97 Å². The van der Waals surface area contributed by atoms with Gasteiger partial charge in [-0.05, 0) is 74.2 Å². The molecule has 6 nitrogen and oxygen atoms in total. The lowest BCUT2D eigenvalue weighted by atomic mass is 9.45. The zero-order valence-corrected chi connectivity index (χ0v) is 21.8. The van der Waals surface area contributed by atoms with Crippen molar-refractivity contribution in [3.8, 4) is 0 Å². The third-order valence-electron chi connectivity index (χ3n) is 10.4. The Morgan fingerprint density at radius 3 is 2.57 bits per heavy atom. The number of aliphatic hydroxyl groups excluding tert-OH is 1. The molecule has 0 radical (unpaired) electrons. The van der Waals surface area contributed by atoms with Gasteiger partial charge in [0.15, 0.2) is 12.4 Å². The minimum absolute atomic E-state index is 0.0386. The van der Waals surface area contributed by atoms with E-state index in [4.69, 9.17) is 4.74 Å². The lowest BCUT2D eigenvalue weighted by Gasteiger charge is -2.60. The normalized spacial score (nSPS) is 40.4. The highest BCUT2D eigenvalue weighted by Crippen LogP contribution is 2.67. The Balaban J connectivity index is 1.43. The molecule has 0 aromatic rings. The number of Topliss-reactive ketones (excluding diaryl/α,β-unsaturated/α-hetero) is 1. The molecule has 196 valence electrons. The van der Waals surface area contributed by atoms with Crippen molar-refractivity contribution in [3.05, 3.63) is 11.6 Å². The summed E-state index contributed by atoms with van der Waals surface area (Å²) in [6, 6.07) is 0. The second-order valence-electron chi connectivity index (χ2n) is 12.2. The van der Waals surface area contributed by atoms with Gasteiger partial charge in [-0.25, -0.2) is 0 Å². The maximum absolute atomic E-state index is 13.3. The average Bonchev–Trinajstić information content (AvgIpc) is 3.08. The first-order chi connectivity index (χ1) is 16.6. The summed E-state index contributed by atoms with van der Waals surface area (Å²) in [7, 11) is 0. The Hall–Kier alpha value is -1.53. The minimum Gasteiger partial charge on any atom is -0.458 e. The van der Waals surface area contributed by atoms with E-state index in [-0.39, 0.29) is 34.9 Å². The molecule has 2 N–H and O–H groups in total. The van der Waals surface area contributed by atoms with Crippen LogP contribution in [-0.4, -0.2) is 46.1 Å². The van der Waals surface area contributed by atoms with Crippen LogP contribution in [0.1, 0.15) is 104 Å². The number of esters is 1. The number of carbonyl (C=O) groups is 3. The second-order valence-corrected chi connectivity index (χ2v) is 12.2. The number of carbonyl (C=O) groups excluding carboxylic acids is 3. The van der Waals surface area contributed by atoms with Gasteiger partial charge in [0.25, 0.3) is 0 Å². The van der Waals surface area contributed by atoms with Crippen LogP contribution < -0.4 is 0 Å². The quantitative estimate of drug-likeness (QED) is 0.361. The van der Waals surface area contributed by atoms with Gasteiger partial charge < -0.3 is 14.9 Å². The molecule has 0 bridgehead atoms. The maximum atomic E-state index is 13.3. The van der Waals surface area contributed by atoms with Gasteiger partial charge in [0.2, 0.25) is 5.78 Å². The molecular weight excluding hydrogens is 444 g/mol. The molecule has 3 fully saturated rings. The smallest absolute Gasteiger partial charge is 0.306 e. The molecule has 0 unspecified atom stereocenters. The molecule has 0 amide bonds. The summed E-state index contributed by atoms with van der Waals surface area (Å²) in [5, 5.41) is 23.2. The van der Waals surface area contributed by atoms with E-state index in [2.05, 4.69) is 13.8 Å². The zero-order chi connectivity index (χ0) is 25.4. The molecule has 4 rings (SSSR count). The summed E-state index contributed by atoms with van der Waals surface area (Å²) < 4.78 is 5.29. The molecule has 35 heavy (non-hydrogen) atoms. The number of hydrogen-bond donors (Lipinski definition) is 2. The van der Waals surface area contributed by atoms with Crippen LogP contribution >= 0.6 is 0 Å². The van der Waals surface area contributed by atoms with Gasteiger partial charge in [0.1, 0.15) is 5.60 Å². The summed E-state index contributed by atoms with van der Waals surface area (Å²) in [5.74, 6) is -0.271. The second kappa shape index (κ2) is 10.1. The van der Waals surface area contributed by atoms with E-state index in [1.807, 2.05) is 13.0 Å². The van der Waals surface area contributed by atoms with Crippen molar-refractivity contribution in [2.24, 2.45) is 28.6 Å². The van der Waals surface area contributed by atoms with E-state index in [9.17, 15) is 24.6 Å². The molecule has 0 aromatic carbocycles. The summed E-state index contributed by atoms with van der Waals surface area (Å²) in [6.45, 7) is 5.90. The van der Waals surface area contributed by atoms with E-state index >= 15 is 0 Å². The first-order valence-corrected chi connectivity index (χ1v) is 13.9. The highest BCUT2D eigenvalue weighted by molar-refractivity contribution is 5.92. The fourth-order valence-electron chi connectivity index (χ4n) is 8.36. The van der Waals surface area contributed by atoms with Crippen molar-refractivity contribution in [1.82, 2.24) is 0 Å². The van der Waals surface area contributed by atoms with Gasteiger partial charge in [0.05, 0.1) is 6.10 Å². The zero-order valence-electron chi connectivity index (χ0n) is 21.8. The third-order valence-corrected chi connectivity index (χ3v) is 10.4. The summed E-state index contributed by atoms with van der Waals surface area (Å²) in [4.78, 5) is 37.5. The number of hydrogen-bond acceptors (Lipinski definition) is 6. The van der Waals surface area contributed by atoms with Crippen LogP contribution in [0.2, 0.25) is 0 Å². The summed E-state index contributed by atoms with van der Waals surface area (Å²) >= 11 is 0. The standard InChI is InChI=1S/C29H44O6/c1-4-5-6-7-8-9-25(33)35-18-24(32)29(34)15-13-22-21-11-10-19-16-20(30)12-14-27(19,2)26(21)23(31)17-28(22,29)3/h16,21-23,26,31,34H,4-15,17-18H2,1-3H3/t21-,22+,23+,26-,27-,28-,29-/m0/s1. The highest BCUT2D eigenvalue weighted by Gasteiger charge is 2.68. The molecule has 6 heteroatoms.